The van der Waals surface area contributed by atoms with Crippen LogP contribution in [0.5, 0.6) is 11.5 Å². The van der Waals surface area contributed by atoms with E-state index in [1.807, 2.05) is 19.2 Å². The topological polar surface area (TPSA) is 21.3 Å². The Hall–Kier alpha value is -1.22. The quantitative estimate of drug-likeness (QED) is 0.874. The molecule has 0 atom stereocenters. The van der Waals surface area contributed by atoms with E-state index in [9.17, 15) is 0 Å². The van der Waals surface area contributed by atoms with Crippen molar-refractivity contribution >= 4 is 23.2 Å². The number of hydrogen-bond donors (Lipinski definition) is 1. The number of ether oxygens (including phenoxy) is 1. The molecule has 2 aromatic rings. The number of halogens is 2. The standard InChI is InChI=1S/C15H15Cl2NO/c1-10-3-6-14(11(7-10)9-18-2)19-15-8-12(16)4-5-13(15)17/h3-8,18H,9H2,1-2H3. The zero-order chi connectivity index (χ0) is 13.8. The smallest absolute Gasteiger partial charge is 0.147 e. The van der Waals surface area contributed by atoms with E-state index in [4.69, 9.17) is 27.9 Å². The van der Waals surface area contributed by atoms with Crippen molar-refractivity contribution in [3.8, 4) is 11.5 Å². The molecule has 4 heteroatoms. The third-order valence-electron chi connectivity index (χ3n) is 2.70. The first-order chi connectivity index (χ1) is 9.10. The molecule has 0 saturated carbocycles. The van der Waals surface area contributed by atoms with Crippen LogP contribution >= 0.6 is 23.2 Å². The van der Waals surface area contributed by atoms with Gasteiger partial charge < -0.3 is 10.1 Å². The molecule has 100 valence electrons. The van der Waals surface area contributed by atoms with Crippen LogP contribution < -0.4 is 10.1 Å². The van der Waals surface area contributed by atoms with Crippen LogP contribution in [0.15, 0.2) is 36.4 Å². The average molecular weight is 296 g/mol. The number of benzene rings is 2. The molecule has 0 bridgehead atoms. The SMILES string of the molecule is CNCc1cc(C)ccc1Oc1cc(Cl)ccc1Cl. The summed E-state index contributed by atoms with van der Waals surface area (Å²) in [5.74, 6) is 1.35. The van der Waals surface area contributed by atoms with Gasteiger partial charge in [-0.15, -0.1) is 0 Å². The third kappa shape index (κ3) is 3.63. The van der Waals surface area contributed by atoms with Crippen molar-refractivity contribution in [1.29, 1.82) is 0 Å². The first-order valence-corrected chi connectivity index (χ1v) is 6.73. The first-order valence-electron chi connectivity index (χ1n) is 5.97. The number of aryl methyl sites for hydroxylation is 1. The van der Waals surface area contributed by atoms with Crippen LogP contribution in [0.3, 0.4) is 0 Å². The Kier molecular flexibility index (Phi) is 4.70. The highest BCUT2D eigenvalue weighted by atomic mass is 35.5. The first kappa shape index (κ1) is 14.2. The van der Waals surface area contributed by atoms with Gasteiger partial charge in [0.05, 0.1) is 5.02 Å². The van der Waals surface area contributed by atoms with E-state index < -0.39 is 0 Å². The van der Waals surface area contributed by atoms with Crippen LogP contribution in [-0.4, -0.2) is 7.05 Å². The third-order valence-corrected chi connectivity index (χ3v) is 3.24. The van der Waals surface area contributed by atoms with Crippen LogP contribution in [0.2, 0.25) is 10.0 Å². The highest BCUT2D eigenvalue weighted by molar-refractivity contribution is 6.34. The van der Waals surface area contributed by atoms with Gasteiger partial charge in [-0.05, 0) is 32.2 Å². The van der Waals surface area contributed by atoms with E-state index in [-0.39, 0.29) is 0 Å². The van der Waals surface area contributed by atoms with Crippen LogP contribution in [-0.2, 0) is 6.54 Å². The second-order valence-electron chi connectivity index (χ2n) is 4.32. The maximum absolute atomic E-state index is 6.11. The molecule has 2 aromatic carbocycles. The highest BCUT2D eigenvalue weighted by Crippen LogP contribution is 2.33. The molecular weight excluding hydrogens is 281 g/mol. The number of rotatable bonds is 4. The van der Waals surface area contributed by atoms with E-state index in [0.717, 1.165) is 17.9 Å². The van der Waals surface area contributed by atoms with Crippen molar-refractivity contribution in [2.24, 2.45) is 0 Å². The maximum Gasteiger partial charge on any atom is 0.147 e. The summed E-state index contributed by atoms with van der Waals surface area (Å²) in [6, 6.07) is 11.2. The van der Waals surface area contributed by atoms with E-state index in [1.54, 1.807) is 18.2 Å². The second-order valence-corrected chi connectivity index (χ2v) is 5.16. The fourth-order valence-electron chi connectivity index (χ4n) is 1.81. The minimum absolute atomic E-state index is 0.542. The van der Waals surface area contributed by atoms with Gasteiger partial charge in [0.2, 0.25) is 0 Å². The van der Waals surface area contributed by atoms with E-state index in [2.05, 4.69) is 18.3 Å². The molecule has 0 spiro atoms. The lowest BCUT2D eigenvalue weighted by Crippen LogP contribution is -2.06. The fourth-order valence-corrected chi connectivity index (χ4v) is 2.13. The Morgan fingerprint density at radius 2 is 1.84 bits per heavy atom. The molecule has 0 aromatic heterocycles. The molecule has 0 aliphatic heterocycles. The minimum atomic E-state index is 0.542. The Morgan fingerprint density at radius 1 is 1.05 bits per heavy atom. The van der Waals surface area contributed by atoms with Gasteiger partial charge in [0.15, 0.2) is 0 Å². The van der Waals surface area contributed by atoms with Crippen LogP contribution in [0.25, 0.3) is 0 Å². The van der Waals surface area contributed by atoms with Crippen molar-refractivity contribution in [3.63, 3.8) is 0 Å². The number of hydrogen-bond acceptors (Lipinski definition) is 2. The summed E-state index contributed by atoms with van der Waals surface area (Å²) in [6.45, 7) is 2.78. The van der Waals surface area contributed by atoms with Crippen LogP contribution in [0.4, 0.5) is 0 Å². The lowest BCUT2D eigenvalue weighted by atomic mass is 10.1. The Labute approximate surface area is 123 Å². The van der Waals surface area contributed by atoms with Crippen molar-refractivity contribution in [1.82, 2.24) is 5.32 Å². The predicted molar refractivity (Wildman–Crippen MR) is 80.5 cm³/mol. The van der Waals surface area contributed by atoms with E-state index >= 15 is 0 Å². The van der Waals surface area contributed by atoms with Crippen molar-refractivity contribution < 1.29 is 4.74 Å². The molecule has 0 unspecified atom stereocenters. The summed E-state index contributed by atoms with van der Waals surface area (Å²) in [4.78, 5) is 0. The molecule has 0 fully saturated rings. The Bertz CT molecular complexity index is 584. The molecular formula is C15H15Cl2NO. The van der Waals surface area contributed by atoms with Crippen LogP contribution in [0.1, 0.15) is 11.1 Å². The maximum atomic E-state index is 6.11. The van der Waals surface area contributed by atoms with Gasteiger partial charge in [-0.3, -0.25) is 0 Å². The summed E-state index contributed by atoms with van der Waals surface area (Å²) in [6.07, 6.45) is 0. The van der Waals surface area contributed by atoms with Gasteiger partial charge in [-0.2, -0.15) is 0 Å². The van der Waals surface area contributed by atoms with E-state index in [1.165, 1.54) is 5.56 Å². The molecule has 0 radical (unpaired) electrons. The Balaban J connectivity index is 2.34. The lowest BCUT2D eigenvalue weighted by molar-refractivity contribution is 0.474. The average Bonchev–Trinajstić information content (AvgIpc) is 2.37. The summed E-state index contributed by atoms with van der Waals surface area (Å²) in [5, 5.41) is 4.27. The van der Waals surface area contributed by atoms with Crippen molar-refractivity contribution in [2.45, 2.75) is 13.5 Å². The zero-order valence-electron chi connectivity index (χ0n) is 10.8. The molecule has 2 nitrogen and oxygen atoms in total. The summed E-state index contributed by atoms with van der Waals surface area (Å²) < 4.78 is 5.87. The monoisotopic (exact) mass is 295 g/mol. The van der Waals surface area contributed by atoms with Gasteiger partial charge in [-0.25, -0.2) is 0 Å². The number of nitrogens with one attached hydrogen (secondary N) is 1. The Morgan fingerprint density at radius 3 is 2.58 bits per heavy atom. The molecule has 1 N–H and O–H groups in total. The highest BCUT2D eigenvalue weighted by Gasteiger charge is 2.08. The van der Waals surface area contributed by atoms with Gasteiger partial charge in [0, 0.05) is 23.2 Å². The van der Waals surface area contributed by atoms with E-state index in [0.29, 0.717) is 15.8 Å². The molecule has 19 heavy (non-hydrogen) atoms. The minimum Gasteiger partial charge on any atom is -0.455 e. The van der Waals surface area contributed by atoms with Crippen molar-refractivity contribution in [3.05, 3.63) is 57.6 Å². The predicted octanol–water partition coefficient (Wildman–Crippen LogP) is 4.81. The fraction of sp³-hybridized carbons (Fsp3) is 0.200. The van der Waals surface area contributed by atoms with Gasteiger partial charge in [-0.1, -0.05) is 40.9 Å². The molecule has 0 saturated heterocycles. The van der Waals surface area contributed by atoms with Gasteiger partial charge in [0.25, 0.3) is 0 Å². The summed E-state index contributed by atoms with van der Waals surface area (Å²) in [5.41, 5.74) is 2.27. The normalized spacial score (nSPS) is 10.5. The van der Waals surface area contributed by atoms with Gasteiger partial charge in [0.1, 0.15) is 11.5 Å². The largest absolute Gasteiger partial charge is 0.455 e. The molecule has 2 rings (SSSR count). The lowest BCUT2D eigenvalue weighted by Gasteiger charge is -2.13. The van der Waals surface area contributed by atoms with Gasteiger partial charge >= 0.3 is 0 Å². The molecule has 0 aliphatic rings. The second kappa shape index (κ2) is 6.29. The molecule has 0 aliphatic carbocycles. The van der Waals surface area contributed by atoms with Crippen LogP contribution in [0, 0.1) is 6.92 Å². The summed E-state index contributed by atoms with van der Waals surface area (Å²) in [7, 11) is 1.90. The zero-order valence-corrected chi connectivity index (χ0v) is 12.3. The molecule has 0 heterocycles. The van der Waals surface area contributed by atoms with Crippen molar-refractivity contribution in [2.75, 3.05) is 7.05 Å². The molecule has 0 amide bonds. The summed E-state index contributed by atoms with van der Waals surface area (Å²) >= 11 is 12.1.